The van der Waals surface area contributed by atoms with Crippen molar-refractivity contribution in [3.05, 3.63) is 12.2 Å². The van der Waals surface area contributed by atoms with Gasteiger partial charge >= 0.3 is 0 Å². The number of aliphatic hydroxyl groups excluding tert-OH is 1. The molecule has 1 amide bonds. The summed E-state index contributed by atoms with van der Waals surface area (Å²) in [6.45, 7) is 10.6. The standard InChI is InChI=1S/C14H27NO2/c1-11(2)9-13(10-16)7-5-6-8-15-14(17)12(3)4/h11,13,16H,3,5-10H2,1-2,4H3,(H,15,17). The summed E-state index contributed by atoms with van der Waals surface area (Å²) in [6, 6.07) is 0. The molecule has 0 spiro atoms. The molecule has 100 valence electrons. The summed E-state index contributed by atoms with van der Waals surface area (Å²) in [7, 11) is 0. The van der Waals surface area contributed by atoms with E-state index >= 15 is 0 Å². The molecule has 3 nitrogen and oxygen atoms in total. The number of hydrogen-bond donors (Lipinski definition) is 2. The summed E-state index contributed by atoms with van der Waals surface area (Å²) in [5.41, 5.74) is 0.554. The van der Waals surface area contributed by atoms with E-state index in [9.17, 15) is 9.90 Å². The van der Waals surface area contributed by atoms with Gasteiger partial charge in [-0.2, -0.15) is 0 Å². The van der Waals surface area contributed by atoms with E-state index in [0.29, 0.717) is 24.0 Å². The van der Waals surface area contributed by atoms with Gasteiger partial charge < -0.3 is 10.4 Å². The van der Waals surface area contributed by atoms with Crippen molar-refractivity contribution in [2.75, 3.05) is 13.2 Å². The first kappa shape index (κ1) is 16.2. The monoisotopic (exact) mass is 241 g/mol. The Hall–Kier alpha value is -0.830. The Labute approximate surface area is 105 Å². The van der Waals surface area contributed by atoms with Crippen LogP contribution < -0.4 is 5.32 Å². The Morgan fingerprint density at radius 3 is 2.47 bits per heavy atom. The maximum absolute atomic E-state index is 11.2. The fraction of sp³-hybridized carbons (Fsp3) is 0.786. The van der Waals surface area contributed by atoms with E-state index in [2.05, 4.69) is 25.7 Å². The highest BCUT2D eigenvalue weighted by molar-refractivity contribution is 5.91. The molecule has 1 atom stereocenters. The molecule has 0 aliphatic carbocycles. The van der Waals surface area contributed by atoms with Crippen LogP contribution in [0.5, 0.6) is 0 Å². The van der Waals surface area contributed by atoms with Gasteiger partial charge in [0.25, 0.3) is 0 Å². The van der Waals surface area contributed by atoms with Gasteiger partial charge in [-0.05, 0) is 38.0 Å². The fourth-order valence-electron chi connectivity index (χ4n) is 1.86. The van der Waals surface area contributed by atoms with Crippen LogP contribution in [-0.2, 0) is 4.79 Å². The normalized spacial score (nSPS) is 12.5. The molecular formula is C14H27NO2. The SMILES string of the molecule is C=C(C)C(=O)NCCCCC(CO)CC(C)C. The molecule has 0 heterocycles. The largest absolute Gasteiger partial charge is 0.396 e. The maximum atomic E-state index is 11.2. The second-order valence-electron chi connectivity index (χ2n) is 5.21. The van der Waals surface area contributed by atoms with Gasteiger partial charge in [-0.25, -0.2) is 0 Å². The van der Waals surface area contributed by atoms with Gasteiger partial charge in [0.15, 0.2) is 0 Å². The van der Waals surface area contributed by atoms with Gasteiger partial charge in [0, 0.05) is 18.7 Å². The van der Waals surface area contributed by atoms with Crippen LogP contribution >= 0.6 is 0 Å². The second kappa shape index (κ2) is 9.23. The number of nitrogens with one attached hydrogen (secondary N) is 1. The smallest absolute Gasteiger partial charge is 0.246 e. The molecule has 0 radical (unpaired) electrons. The highest BCUT2D eigenvalue weighted by Gasteiger charge is 2.09. The minimum atomic E-state index is -0.0640. The summed E-state index contributed by atoms with van der Waals surface area (Å²) >= 11 is 0. The van der Waals surface area contributed by atoms with Crippen molar-refractivity contribution in [3.8, 4) is 0 Å². The molecule has 1 unspecified atom stereocenters. The lowest BCUT2D eigenvalue weighted by Crippen LogP contribution is -2.24. The maximum Gasteiger partial charge on any atom is 0.246 e. The second-order valence-corrected chi connectivity index (χ2v) is 5.21. The highest BCUT2D eigenvalue weighted by atomic mass is 16.3. The lowest BCUT2D eigenvalue weighted by atomic mass is 9.93. The van der Waals surface area contributed by atoms with Crippen LogP contribution in [-0.4, -0.2) is 24.2 Å². The zero-order chi connectivity index (χ0) is 13.3. The third-order valence-electron chi connectivity index (χ3n) is 2.78. The Morgan fingerprint density at radius 2 is 2.00 bits per heavy atom. The number of unbranched alkanes of at least 4 members (excludes halogenated alkanes) is 1. The summed E-state index contributed by atoms with van der Waals surface area (Å²) in [4.78, 5) is 11.2. The van der Waals surface area contributed by atoms with Crippen LogP contribution in [0, 0.1) is 11.8 Å². The number of aliphatic hydroxyl groups is 1. The lowest BCUT2D eigenvalue weighted by Gasteiger charge is -2.16. The van der Waals surface area contributed by atoms with E-state index in [-0.39, 0.29) is 12.5 Å². The van der Waals surface area contributed by atoms with E-state index < -0.39 is 0 Å². The third kappa shape index (κ3) is 8.93. The van der Waals surface area contributed by atoms with E-state index in [4.69, 9.17) is 0 Å². The average molecular weight is 241 g/mol. The molecule has 0 fully saturated rings. The molecule has 0 aromatic heterocycles. The topological polar surface area (TPSA) is 49.3 Å². The average Bonchev–Trinajstić information content (AvgIpc) is 2.25. The first-order chi connectivity index (χ1) is 7.97. The highest BCUT2D eigenvalue weighted by Crippen LogP contribution is 2.17. The van der Waals surface area contributed by atoms with Crippen LogP contribution in [0.25, 0.3) is 0 Å². The number of amides is 1. The molecule has 0 aliphatic rings. The first-order valence-electron chi connectivity index (χ1n) is 6.52. The Balaban J connectivity index is 3.55. The summed E-state index contributed by atoms with van der Waals surface area (Å²) in [5.74, 6) is 0.980. The molecule has 0 aliphatic heterocycles. The predicted molar refractivity (Wildman–Crippen MR) is 71.7 cm³/mol. The number of rotatable bonds is 9. The molecule has 3 heteroatoms. The molecule has 0 bridgehead atoms. The van der Waals surface area contributed by atoms with Crippen LogP contribution in [0.1, 0.15) is 46.5 Å². The minimum absolute atomic E-state index is 0.0640. The van der Waals surface area contributed by atoms with Crippen LogP contribution in [0.3, 0.4) is 0 Å². The van der Waals surface area contributed by atoms with Gasteiger partial charge in [-0.3, -0.25) is 4.79 Å². The van der Waals surface area contributed by atoms with Crippen molar-refractivity contribution in [2.45, 2.75) is 46.5 Å². The van der Waals surface area contributed by atoms with Crippen molar-refractivity contribution in [3.63, 3.8) is 0 Å². The Morgan fingerprint density at radius 1 is 1.35 bits per heavy atom. The summed E-state index contributed by atoms with van der Waals surface area (Å²) < 4.78 is 0. The van der Waals surface area contributed by atoms with Crippen molar-refractivity contribution in [2.24, 2.45) is 11.8 Å². The number of carbonyl (C=O) groups excluding carboxylic acids is 1. The zero-order valence-corrected chi connectivity index (χ0v) is 11.5. The molecule has 2 N–H and O–H groups in total. The van der Waals surface area contributed by atoms with Crippen LogP contribution in [0.15, 0.2) is 12.2 Å². The molecule has 17 heavy (non-hydrogen) atoms. The number of hydrogen-bond acceptors (Lipinski definition) is 2. The predicted octanol–water partition coefficient (Wildman–Crippen LogP) is 2.50. The molecule has 0 aromatic carbocycles. The van der Waals surface area contributed by atoms with E-state index in [1.54, 1.807) is 6.92 Å². The lowest BCUT2D eigenvalue weighted by molar-refractivity contribution is -0.117. The van der Waals surface area contributed by atoms with Crippen molar-refractivity contribution in [1.82, 2.24) is 5.32 Å². The zero-order valence-electron chi connectivity index (χ0n) is 11.5. The van der Waals surface area contributed by atoms with Crippen molar-refractivity contribution in [1.29, 1.82) is 0 Å². The molecule has 0 rings (SSSR count). The minimum Gasteiger partial charge on any atom is -0.396 e. The van der Waals surface area contributed by atoms with E-state index in [1.165, 1.54) is 0 Å². The molecule has 0 saturated carbocycles. The van der Waals surface area contributed by atoms with Gasteiger partial charge in [0.05, 0.1) is 0 Å². The van der Waals surface area contributed by atoms with Gasteiger partial charge in [-0.15, -0.1) is 0 Å². The van der Waals surface area contributed by atoms with Crippen molar-refractivity contribution < 1.29 is 9.90 Å². The van der Waals surface area contributed by atoms with E-state index in [0.717, 1.165) is 25.7 Å². The quantitative estimate of drug-likeness (QED) is 0.481. The summed E-state index contributed by atoms with van der Waals surface area (Å²) in [6.07, 6.45) is 4.13. The number of carbonyl (C=O) groups is 1. The van der Waals surface area contributed by atoms with Gasteiger partial charge in [0.1, 0.15) is 0 Å². The molecule has 0 aromatic rings. The fourth-order valence-corrected chi connectivity index (χ4v) is 1.86. The summed E-state index contributed by atoms with van der Waals surface area (Å²) in [5, 5.41) is 12.0. The van der Waals surface area contributed by atoms with Crippen LogP contribution in [0.4, 0.5) is 0 Å². The third-order valence-corrected chi connectivity index (χ3v) is 2.78. The van der Waals surface area contributed by atoms with E-state index in [1.807, 2.05) is 0 Å². The van der Waals surface area contributed by atoms with Gasteiger partial charge in [-0.1, -0.05) is 26.8 Å². The first-order valence-corrected chi connectivity index (χ1v) is 6.52. The van der Waals surface area contributed by atoms with Gasteiger partial charge in [0.2, 0.25) is 5.91 Å². The Kier molecular flexibility index (Phi) is 8.78. The van der Waals surface area contributed by atoms with Crippen molar-refractivity contribution >= 4 is 5.91 Å². The van der Waals surface area contributed by atoms with Crippen LogP contribution in [0.2, 0.25) is 0 Å². The Bertz CT molecular complexity index is 236. The molecular weight excluding hydrogens is 214 g/mol. The molecule has 0 saturated heterocycles.